The second-order valence-corrected chi connectivity index (χ2v) is 5.73. The number of rotatable bonds is 7. The Morgan fingerprint density at radius 2 is 2.22 bits per heavy atom. The van der Waals surface area contributed by atoms with E-state index in [0.29, 0.717) is 30.9 Å². The smallest absolute Gasteiger partial charge is 0.385 e. The number of alkyl halides is 3. The molecule has 0 radical (unpaired) electrons. The zero-order chi connectivity index (χ0) is 16.9. The van der Waals surface area contributed by atoms with Crippen LogP contribution in [0.15, 0.2) is 16.7 Å². The summed E-state index contributed by atoms with van der Waals surface area (Å²) >= 11 is 1.19. The predicted molar refractivity (Wildman–Crippen MR) is 75.6 cm³/mol. The van der Waals surface area contributed by atoms with E-state index in [1.807, 2.05) is 0 Å². The number of carbonyl (C=O) groups is 1. The largest absolute Gasteiger partial charge is 0.471 e. The lowest BCUT2D eigenvalue weighted by Gasteiger charge is -2.02. The van der Waals surface area contributed by atoms with Gasteiger partial charge in [-0.1, -0.05) is 5.16 Å². The van der Waals surface area contributed by atoms with Crippen molar-refractivity contribution in [3.8, 4) is 10.7 Å². The van der Waals surface area contributed by atoms with Crippen molar-refractivity contribution in [3.05, 3.63) is 22.9 Å². The zero-order valence-electron chi connectivity index (χ0n) is 12.1. The van der Waals surface area contributed by atoms with E-state index in [1.54, 1.807) is 19.2 Å². The van der Waals surface area contributed by atoms with Crippen molar-refractivity contribution >= 4 is 17.2 Å². The predicted octanol–water partition coefficient (Wildman–Crippen LogP) is 2.86. The van der Waals surface area contributed by atoms with Crippen LogP contribution in [-0.2, 0) is 22.3 Å². The summed E-state index contributed by atoms with van der Waals surface area (Å²) in [6.45, 7) is 0.802. The van der Waals surface area contributed by atoms with Crippen LogP contribution in [-0.4, -0.2) is 29.8 Å². The van der Waals surface area contributed by atoms with Crippen LogP contribution in [0, 0.1) is 0 Å². The minimum Gasteiger partial charge on any atom is -0.385 e. The van der Waals surface area contributed by atoms with Crippen molar-refractivity contribution in [1.29, 1.82) is 0 Å². The van der Waals surface area contributed by atoms with E-state index in [4.69, 9.17) is 4.74 Å². The number of nitrogens with one attached hydrogen (secondary N) is 1. The average molecular weight is 349 g/mol. The topological polar surface area (TPSA) is 77.2 Å². The Morgan fingerprint density at radius 1 is 1.43 bits per heavy atom. The molecule has 0 spiro atoms. The number of amides is 1. The third-order valence-corrected chi connectivity index (χ3v) is 3.84. The van der Waals surface area contributed by atoms with Gasteiger partial charge in [-0.05, 0) is 18.6 Å². The maximum absolute atomic E-state index is 12.4. The van der Waals surface area contributed by atoms with Gasteiger partial charge in [-0.2, -0.15) is 18.2 Å². The molecule has 0 unspecified atom stereocenters. The van der Waals surface area contributed by atoms with Crippen LogP contribution in [0.25, 0.3) is 10.7 Å². The first-order valence-electron chi connectivity index (χ1n) is 6.66. The van der Waals surface area contributed by atoms with Crippen LogP contribution in [0.4, 0.5) is 13.2 Å². The molecule has 2 rings (SSSR count). The van der Waals surface area contributed by atoms with Crippen molar-refractivity contribution in [2.24, 2.45) is 0 Å². The van der Waals surface area contributed by atoms with Crippen molar-refractivity contribution in [2.75, 3.05) is 13.7 Å². The van der Waals surface area contributed by atoms with Gasteiger partial charge < -0.3 is 14.6 Å². The fourth-order valence-corrected chi connectivity index (χ4v) is 2.56. The lowest BCUT2D eigenvalue weighted by molar-refractivity contribution is -0.159. The van der Waals surface area contributed by atoms with Gasteiger partial charge in [0, 0.05) is 25.0 Å². The summed E-state index contributed by atoms with van der Waals surface area (Å²) in [4.78, 5) is 16.1. The molecule has 0 saturated heterocycles. The molecule has 0 aliphatic rings. The highest BCUT2D eigenvalue weighted by atomic mass is 32.1. The van der Waals surface area contributed by atoms with Gasteiger partial charge in [0.2, 0.25) is 11.7 Å². The molecule has 23 heavy (non-hydrogen) atoms. The number of carbonyl (C=O) groups excluding carboxylic acids is 1. The zero-order valence-corrected chi connectivity index (χ0v) is 13.0. The summed E-state index contributed by atoms with van der Waals surface area (Å²) < 4.78 is 46.3. The van der Waals surface area contributed by atoms with E-state index in [-0.39, 0.29) is 11.7 Å². The summed E-state index contributed by atoms with van der Waals surface area (Å²) in [7, 11) is 1.56. The molecule has 0 fully saturated rings. The summed E-state index contributed by atoms with van der Waals surface area (Å²) in [5.74, 6) is -1.62. The molecule has 1 amide bonds. The van der Waals surface area contributed by atoms with Gasteiger partial charge in [-0.15, -0.1) is 11.3 Å². The van der Waals surface area contributed by atoms with Crippen LogP contribution in [0.2, 0.25) is 0 Å². The Balaban J connectivity index is 1.91. The highest BCUT2D eigenvalue weighted by Gasteiger charge is 2.38. The van der Waals surface area contributed by atoms with Gasteiger partial charge in [0.05, 0.1) is 11.4 Å². The van der Waals surface area contributed by atoms with Gasteiger partial charge in [0.15, 0.2) is 0 Å². The van der Waals surface area contributed by atoms with E-state index in [2.05, 4.69) is 20.0 Å². The molecule has 2 aromatic heterocycles. The van der Waals surface area contributed by atoms with Crippen molar-refractivity contribution in [2.45, 2.75) is 25.6 Å². The van der Waals surface area contributed by atoms with Gasteiger partial charge in [0.25, 0.3) is 0 Å². The first-order valence-corrected chi connectivity index (χ1v) is 7.47. The number of halogens is 3. The number of methoxy groups -OCH3 is 1. The number of thiophene rings is 1. The SMILES string of the molecule is COCCCC(=O)NCc1ccc(-c2noc(C(F)(F)F)n2)s1. The molecule has 2 heterocycles. The summed E-state index contributed by atoms with van der Waals surface area (Å²) in [5.41, 5.74) is 0. The lowest BCUT2D eigenvalue weighted by atomic mass is 10.3. The van der Waals surface area contributed by atoms with E-state index in [0.717, 1.165) is 4.88 Å². The molecule has 6 nitrogen and oxygen atoms in total. The van der Waals surface area contributed by atoms with E-state index < -0.39 is 12.1 Å². The molecule has 0 bridgehead atoms. The Morgan fingerprint density at radius 3 is 2.87 bits per heavy atom. The summed E-state index contributed by atoms with van der Waals surface area (Å²) in [5, 5.41) is 6.04. The molecule has 2 aromatic rings. The summed E-state index contributed by atoms with van der Waals surface area (Å²) in [6, 6.07) is 3.28. The first kappa shape index (κ1) is 17.4. The standard InChI is InChI=1S/C13H14F3N3O3S/c1-21-6-2-3-10(20)17-7-8-4-5-9(23-8)11-18-12(22-19-11)13(14,15)16/h4-5H,2-3,6-7H2,1H3,(H,17,20). The monoisotopic (exact) mass is 349 g/mol. The van der Waals surface area contributed by atoms with E-state index in [1.165, 1.54) is 11.3 Å². The number of hydrogen-bond acceptors (Lipinski definition) is 6. The third-order valence-electron chi connectivity index (χ3n) is 2.76. The lowest BCUT2D eigenvalue weighted by Crippen LogP contribution is -2.22. The van der Waals surface area contributed by atoms with Gasteiger partial charge in [-0.25, -0.2) is 0 Å². The van der Waals surface area contributed by atoms with Crippen LogP contribution in [0.3, 0.4) is 0 Å². The van der Waals surface area contributed by atoms with Crippen LogP contribution >= 0.6 is 11.3 Å². The quantitative estimate of drug-likeness (QED) is 0.778. The highest BCUT2D eigenvalue weighted by molar-refractivity contribution is 7.15. The van der Waals surface area contributed by atoms with E-state index >= 15 is 0 Å². The van der Waals surface area contributed by atoms with Crippen molar-refractivity contribution < 1.29 is 27.2 Å². The first-order chi connectivity index (χ1) is 10.9. The molecule has 0 saturated carbocycles. The molecular weight excluding hydrogens is 335 g/mol. The van der Waals surface area contributed by atoms with Crippen molar-refractivity contribution in [3.63, 3.8) is 0 Å². The van der Waals surface area contributed by atoms with Crippen LogP contribution in [0.1, 0.15) is 23.6 Å². The van der Waals surface area contributed by atoms with Crippen LogP contribution in [0.5, 0.6) is 0 Å². The number of aromatic nitrogens is 2. The fraction of sp³-hybridized carbons (Fsp3) is 0.462. The van der Waals surface area contributed by atoms with Crippen molar-refractivity contribution in [1.82, 2.24) is 15.5 Å². The molecule has 0 aliphatic carbocycles. The molecule has 1 N–H and O–H groups in total. The normalized spacial score (nSPS) is 11.7. The van der Waals surface area contributed by atoms with Gasteiger partial charge >= 0.3 is 12.1 Å². The minimum absolute atomic E-state index is 0.115. The number of nitrogens with zero attached hydrogens (tertiary/aromatic N) is 2. The fourth-order valence-electron chi connectivity index (χ4n) is 1.68. The van der Waals surface area contributed by atoms with E-state index in [9.17, 15) is 18.0 Å². The highest BCUT2D eigenvalue weighted by Crippen LogP contribution is 2.31. The number of ether oxygens (including phenoxy) is 1. The Labute approximate surface area is 133 Å². The third kappa shape index (κ3) is 5.03. The average Bonchev–Trinajstić information content (AvgIpc) is 3.13. The molecule has 126 valence electrons. The molecule has 10 heteroatoms. The Hall–Kier alpha value is -1.94. The maximum atomic E-state index is 12.4. The minimum atomic E-state index is -4.67. The molecule has 0 atom stereocenters. The Kier molecular flexibility index (Phi) is 5.72. The second kappa shape index (κ2) is 7.55. The second-order valence-electron chi connectivity index (χ2n) is 4.56. The molecule has 0 aliphatic heterocycles. The maximum Gasteiger partial charge on any atom is 0.471 e. The van der Waals surface area contributed by atoms with Gasteiger partial charge in [0.1, 0.15) is 0 Å². The van der Waals surface area contributed by atoms with Crippen LogP contribution < -0.4 is 5.32 Å². The van der Waals surface area contributed by atoms with Gasteiger partial charge in [-0.3, -0.25) is 4.79 Å². The summed E-state index contributed by atoms with van der Waals surface area (Å²) in [6.07, 6.45) is -3.69. The Bertz CT molecular complexity index is 654. The molecular formula is C13H14F3N3O3S. The molecule has 0 aromatic carbocycles. The number of hydrogen-bond donors (Lipinski definition) is 1.